The number of anilines is 6. The van der Waals surface area contributed by atoms with Crippen LogP contribution in [0, 0.1) is 11.3 Å². The van der Waals surface area contributed by atoms with Crippen LogP contribution in [-0.2, 0) is 0 Å². The van der Waals surface area contributed by atoms with E-state index in [0.717, 1.165) is 0 Å². The fourth-order valence-electron chi connectivity index (χ4n) is 3.01. The van der Waals surface area contributed by atoms with E-state index >= 15 is 0 Å². The lowest BCUT2D eigenvalue weighted by Gasteiger charge is -2.14. The second-order valence-corrected chi connectivity index (χ2v) is 6.32. The summed E-state index contributed by atoms with van der Waals surface area (Å²) in [6.45, 7) is 0. The highest BCUT2D eigenvalue weighted by atomic mass is 16.4. The van der Waals surface area contributed by atoms with Crippen molar-refractivity contribution in [2.75, 3.05) is 21.3 Å². The van der Waals surface area contributed by atoms with E-state index in [2.05, 4.69) is 26.3 Å². The molecule has 2 amide bonds. The van der Waals surface area contributed by atoms with Gasteiger partial charge in [0, 0.05) is 18.0 Å². The molecular formula is C20H14N6O4. The van der Waals surface area contributed by atoms with Gasteiger partial charge in [0.25, 0.3) is 5.91 Å². The van der Waals surface area contributed by atoms with Crippen molar-refractivity contribution in [3.8, 4) is 11.8 Å². The molecule has 30 heavy (non-hydrogen) atoms. The molecule has 148 valence electrons. The first kappa shape index (κ1) is 18.6. The Morgan fingerprint density at radius 3 is 2.63 bits per heavy atom. The van der Waals surface area contributed by atoms with Crippen LogP contribution >= 0.6 is 0 Å². The fraction of sp³-hybridized carbons (Fsp3) is 0. The number of hydrogen-bond donors (Lipinski definition) is 6. The molecular weight excluding hydrogens is 388 g/mol. The number of pyridine rings is 1. The number of fused-ring (bicyclic) bond motifs is 2. The molecule has 4 rings (SSSR count). The normalized spacial score (nSPS) is 11.6. The largest absolute Gasteiger partial charge is 0.506 e. The van der Waals surface area contributed by atoms with Gasteiger partial charge in [-0.05, 0) is 36.4 Å². The van der Waals surface area contributed by atoms with Crippen LogP contribution in [0.1, 0.15) is 15.9 Å². The van der Waals surface area contributed by atoms with Gasteiger partial charge in [0.1, 0.15) is 17.1 Å². The summed E-state index contributed by atoms with van der Waals surface area (Å²) in [5.41, 5.74) is 2.55. The maximum Gasteiger partial charge on any atom is 0.409 e. The van der Waals surface area contributed by atoms with E-state index < -0.39 is 12.0 Å². The van der Waals surface area contributed by atoms with Crippen LogP contribution in [0.4, 0.5) is 39.0 Å². The van der Waals surface area contributed by atoms with Crippen molar-refractivity contribution in [2.45, 2.75) is 0 Å². The van der Waals surface area contributed by atoms with Gasteiger partial charge in [-0.25, -0.2) is 9.78 Å². The predicted octanol–water partition coefficient (Wildman–Crippen LogP) is 3.80. The first-order chi connectivity index (χ1) is 14.4. The lowest BCUT2D eigenvalue weighted by Crippen LogP contribution is -2.14. The van der Waals surface area contributed by atoms with Gasteiger partial charge in [-0.15, -0.1) is 0 Å². The molecule has 2 heterocycles. The number of rotatable bonds is 3. The van der Waals surface area contributed by atoms with E-state index in [4.69, 9.17) is 10.4 Å². The number of phenolic OH excluding ortho intramolecular Hbond substituents is 1. The highest BCUT2D eigenvalue weighted by Crippen LogP contribution is 2.36. The van der Waals surface area contributed by atoms with E-state index in [1.807, 2.05) is 6.07 Å². The standard InChI is InChI=1S/C20H14N6O4/c21-9-10-1-3-12-15(7-10)25-19(28)17-14(5-6-22-18(17)24-12)23-11-2-4-13(16(27)8-11)26-20(29)30/h1-8,26-27H,(H,25,28)(H,29,30)(H2,22,23,24). The number of carbonyl (C=O) groups excluding carboxylic acids is 1. The molecule has 1 aliphatic rings. The molecule has 0 spiro atoms. The van der Waals surface area contributed by atoms with E-state index in [1.54, 1.807) is 30.3 Å². The number of hydrogen-bond acceptors (Lipinski definition) is 7. The van der Waals surface area contributed by atoms with Crippen molar-refractivity contribution in [2.24, 2.45) is 0 Å². The van der Waals surface area contributed by atoms with E-state index in [9.17, 15) is 14.7 Å². The molecule has 0 radical (unpaired) electrons. The van der Waals surface area contributed by atoms with E-state index in [1.165, 1.54) is 18.3 Å². The zero-order valence-corrected chi connectivity index (χ0v) is 15.2. The highest BCUT2D eigenvalue weighted by Gasteiger charge is 2.24. The van der Waals surface area contributed by atoms with Gasteiger partial charge in [-0.3, -0.25) is 10.1 Å². The van der Waals surface area contributed by atoms with Crippen LogP contribution in [0.15, 0.2) is 48.7 Å². The molecule has 0 bridgehead atoms. The third-order valence-electron chi connectivity index (χ3n) is 4.35. The van der Waals surface area contributed by atoms with Crippen LogP contribution in [0.2, 0.25) is 0 Å². The summed E-state index contributed by atoms with van der Waals surface area (Å²) in [5, 5.41) is 38.8. The highest BCUT2D eigenvalue weighted by molar-refractivity contribution is 6.15. The third-order valence-corrected chi connectivity index (χ3v) is 4.35. The first-order valence-corrected chi connectivity index (χ1v) is 8.66. The smallest absolute Gasteiger partial charge is 0.409 e. The van der Waals surface area contributed by atoms with Gasteiger partial charge >= 0.3 is 6.09 Å². The Kier molecular flexibility index (Phi) is 4.54. The zero-order chi connectivity index (χ0) is 21.3. The molecule has 2 aromatic carbocycles. The minimum absolute atomic E-state index is 0.0322. The summed E-state index contributed by atoms with van der Waals surface area (Å²) < 4.78 is 0. The molecule has 0 atom stereocenters. The number of nitrogens with zero attached hydrogens (tertiary/aromatic N) is 2. The minimum Gasteiger partial charge on any atom is -0.506 e. The Bertz CT molecular complexity index is 1230. The molecule has 0 unspecified atom stereocenters. The maximum atomic E-state index is 12.9. The van der Waals surface area contributed by atoms with Crippen molar-refractivity contribution < 1.29 is 19.8 Å². The van der Waals surface area contributed by atoms with Gasteiger partial charge in [0.05, 0.1) is 34.4 Å². The SMILES string of the molecule is N#Cc1ccc2c(c1)NC(=O)c1c(Nc3ccc(NC(=O)O)c(O)c3)ccnc1N2. The van der Waals surface area contributed by atoms with E-state index in [-0.39, 0.29) is 17.0 Å². The average Bonchev–Trinajstić information content (AvgIpc) is 2.85. The molecule has 1 aromatic heterocycles. The van der Waals surface area contributed by atoms with Crippen LogP contribution in [-0.4, -0.2) is 27.2 Å². The third kappa shape index (κ3) is 3.50. The number of phenols is 1. The Hall–Kier alpha value is -4.78. The molecule has 10 nitrogen and oxygen atoms in total. The lowest BCUT2D eigenvalue weighted by molar-refractivity contribution is 0.102. The Labute approximate surface area is 169 Å². The molecule has 6 N–H and O–H groups in total. The minimum atomic E-state index is -1.30. The van der Waals surface area contributed by atoms with Crippen molar-refractivity contribution in [3.05, 3.63) is 59.8 Å². The number of carboxylic acid groups (broad SMARTS) is 1. The number of nitriles is 1. The molecule has 0 fully saturated rings. The van der Waals surface area contributed by atoms with Gasteiger partial charge in [-0.2, -0.15) is 5.26 Å². The number of aromatic nitrogens is 1. The van der Waals surface area contributed by atoms with Crippen molar-refractivity contribution in [1.29, 1.82) is 5.26 Å². The van der Waals surface area contributed by atoms with Gasteiger partial charge in [-0.1, -0.05) is 0 Å². The van der Waals surface area contributed by atoms with Gasteiger partial charge in [0.2, 0.25) is 0 Å². The van der Waals surface area contributed by atoms with Crippen LogP contribution in [0.5, 0.6) is 5.75 Å². The number of carbonyl (C=O) groups is 2. The summed E-state index contributed by atoms with van der Waals surface area (Å²) >= 11 is 0. The predicted molar refractivity (Wildman–Crippen MR) is 110 cm³/mol. The molecule has 0 aliphatic carbocycles. The molecule has 10 heteroatoms. The molecule has 3 aromatic rings. The van der Waals surface area contributed by atoms with Crippen molar-refractivity contribution in [3.63, 3.8) is 0 Å². The summed E-state index contributed by atoms with van der Waals surface area (Å²) in [6, 6.07) is 12.8. The summed E-state index contributed by atoms with van der Waals surface area (Å²) in [4.78, 5) is 27.9. The van der Waals surface area contributed by atoms with E-state index in [0.29, 0.717) is 34.1 Å². The summed E-state index contributed by atoms with van der Waals surface area (Å²) in [5.74, 6) is -0.397. The maximum absolute atomic E-state index is 12.9. The number of benzene rings is 2. The van der Waals surface area contributed by atoms with Crippen LogP contribution < -0.4 is 21.3 Å². The number of nitrogens with one attached hydrogen (secondary N) is 4. The van der Waals surface area contributed by atoms with Gasteiger partial charge in [0.15, 0.2) is 0 Å². The molecule has 1 aliphatic heterocycles. The molecule has 0 saturated heterocycles. The quantitative estimate of drug-likeness (QED) is 0.361. The van der Waals surface area contributed by atoms with Gasteiger partial charge < -0.3 is 26.2 Å². The lowest BCUT2D eigenvalue weighted by atomic mass is 10.1. The Balaban J connectivity index is 1.68. The van der Waals surface area contributed by atoms with Crippen LogP contribution in [0.3, 0.4) is 0 Å². The van der Waals surface area contributed by atoms with Crippen LogP contribution in [0.25, 0.3) is 0 Å². The van der Waals surface area contributed by atoms with Crippen molar-refractivity contribution in [1.82, 2.24) is 4.98 Å². The number of aromatic hydroxyl groups is 1. The monoisotopic (exact) mass is 402 g/mol. The Morgan fingerprint density at radius 2 is 1.90 bits per heavy atom. The second kappa shape index (κ2) is 7.33. The topological polar surface area (TPSA) is 159 Å². The zero-order valence-electron chi connectivity index (χ0n) is 15.2. The number of amides is 2. The second-order valence-electron chi connectivity index (χ2n) is 6.32. The Morgan fingerprint density at radius 1 is 1.07 bits per heavy atom. The van der Waals surface area contributed by atoms with Crippen molar-refractivity contribution >= 4 is 46.3 Å². The summed E-state index contributed by atoms with van der Waals surface area (Å²) in [6.07, 6.45) is 0.211. The first-order valence-electron chi connectivity index (χ1n) is 8.66. The molecule has 0 saturated carbocycles. The fourth-order valence-corrected chi connectivity index (χ4v) is 3.01. The average molecular weight is 402 g/mol. The summed E-state index contributed by atoms with van der Waals surface area (Å²) in [7, 11) is 0.